The monoisotopic (exact) mass is 230 g/mol. The highest BCUT2D eigenvalue weighted by Gasteiger charge is 2.31. The number of alkyl halides is 3. The fraction of sp³-hybridized carbons (Fsp3) is 0.111. The third-order valence-electron chi connectivity index (χ3n) is 1.42. The van der Waals surface area contributed by atoms with E-state index in [4.69, 9.17) is 16.9 Å². The second-order valence-corrected chi connectivity index (χ2v) is 2.78. The van der Waals surface area contributed by atoms with Crippen molar-refractivity contribution in [1.82, 2.24) is 4.98 Å². The van der Waals surface area contributed by atoms with E-state index in [0.29, 0.717) is 6.20 Å². The quantitative estimate of drug-likeness (QED) is 0.507. The summed E-state index contributed by atoms with van der Waals surface area (Å²) in [7, 11) is 0. The van der Waals surface area contributed by atoms with Gasteiger partial charge in [-0.2, -0.15) is 18.4 Å². The van der Waals surface area contributed by atoms with Crippen LogP contribution in [0.1, 0.15) is 11.1 Å². The lowest BCUT2D eigenvalue weighted by Gasteiger charge is -2.06. The molecule has 6 heteroatoms. The van der Waals surface area contributed by atoms with Gasteiger partial charge in [-0.15, -0.1) is 0 Å². The van der Waals surface area contributed by atoms with E-state index in [9.17, 15) is 13.2 Å². The molecule has 1 aromatic rings. The zero-order chi connectivity index (χ0) is 11.5. The predicted molar refractivity (Wildman–Crippen MR) is 46.7 cm³/mol. The van der Waals surface area contributed by atoms with Crippen molar-refractivity contribution in [2.24, 2.45) is 0 Å². The zero-order valence-corrected chi connectivity index (χ0v) is 7.82. The summed E-state index contributed by atoms with van der Waals surface area (Å²) in [6, 6.07) is 2.22. The molecule has 1 aromatic heterocycles. The molecule has 2 nitrogen and oxygen atoms in total. The lowest BCUT2D eigenvalue weighted by atomic mass is 10.2. The summed E-state index contributed by atoms with van der Waals surface area (Å²) < 4.78 is 36.7. The fourth-order valence-electron chi connectivity index (χ4n) is 0.786. The van der Waals surface area contributed by atoms with Gasteiger partial charge in [-0.3, -0.25) is 0 Å². The van der Waals surface area contributed by atoms with Crippen molar-refractivity contribution in [3.8, 4) is 17.9 Å². The van der Waals surface area contributed by atoms with Crippen molar-refractivity contribution in [2.45, 2.75) is 6.18 Å². The maximum Gasteiger partial charge on any atom is 0.417 e. The largest absolute Gasteiger partial charge is 0.417 e. The minimum absolute atomic E-state index is 0.118. The van der Waals surface area contributed by atoms with E-state index in [1.165, 1.54) is 6.07 Å². The van der Waals surface area contributed by atoms with Crippen LogP contribution in [0.15, 0.2) is 12.3 Å². The van der Waals surface area contributed by atoms with Gasteiger partial charge in [0.2, 0.25) is 0 Å². The highest BCUT2D eigenvalue weighted by molar-refractivity contribution is 6.30. The summed E-state index contributed by atoms with van der Waals surface area (Å²) in [4.78, 5) is 3.33. The Morgan fingerprint density at radius 3 is 2.60 bits per heavy atom. The molecule has 0 unspecified atom stereocenters. The molecular weight excluding hydrogens is 229 g/mol. The van der Waals surface area contributed by atoms with Crippen LogP contribution in [0, 0.1) is 23.2 Å². The molecule has 76 valence electrons. The molecule has 0 aliphatic carbocycles. The van der Waals surface area contributed by atoms with Gasteiger partial charge in [0, 0.05) is 12.1 Å². The number of hydrogen-bond acceptors (Lipinski definition) is 2. The van der Waals surface area contributed by atoms with Crippen molar-refractivity contribution in [3.05, 3.63) is 28.5 Å². The smallest absolute Gasteiger partial charge is 0.243 e. The van der Waals surface area contributed by atoms with Crippen LogP contribution in [-0.4, -0.2) is 4.98 Å². The first kappa shape index (κ1) is 11.4. The SMILES string of the molecule is N#CC#Cc1cc(C(F)(F)F)cnc1Cl. The van der Waals surface area contributed by atoms with Gasteiger partial charge in [0.25, 0.3) is 0 Å². The second kappa shape index (κ2) is 4.20. The number of hydrogen-bond donors (Lipinski definition) is 0. The standard InChI is InChI=1S/C9H2ClF3N2/c10-8-6(2-1-3-14)4-7(5-15-8)9(11,12)13/h4-5H. The average Bonchev–Trinajstić information content (AvgIpc) is 2.15. The lowest BCUT2D eigenvalue weighted by Crippen LogP contribution is -2.06. The second-order valence-electron chi connectivity index (χ2n) is 2.42. The first-order valence-corrected chi connectivity index (χ1v) is 3.96. The van der Waals surface area contributed by atoms with Gasteiger partial charge < -0.3 is 0 Å². The Balaban J connectivity index is 3.24. The first-order chi connectivity index (χ1) is 6.95. The predicted octanol–water partition coefficient (Wildman–Crippen LogP) is 2.63. The fourth-order valence-corrected chi connectivity index (χ4v) is 0.937. The Hall–Kier alpha value is -1.72. The van der Waals surface area contributed by atoms with E-state index in [1.54, 1.807) is 0 Å². The minimum Gasteiger partial charge on any atom is -0.243 e. The molecule has 15 heavy (non-hydrogen) atoms. The average molecular weight is 231 g/mol. The van der Waals surface area contributed by atoms with Gasteiger partial charge in [0.15, 0.2) is 6.07 Å². The number of nitriles is 1. The summed E-state index contributed by atoms with van der Waals surface area (Å²) in [5, 5.41) is 7.98. The molecule has 0 bridgehead atoms. The number of halogens is 4. The molecule has 0 radical (unpaired) electrons. The molecule has 1 rings (SSSR count). The molecule has 0 N–H and O–H groups in total. The van der Waals surface area contributed by atoms with Crippen LogP contribution in [0.3, 0.4) is 0 Å². The van der Waals surface area contributed by atoms with Crippen molar-refractivity contribution in [3.63, 3.8) is 0 Å². The topological polar surface area (TPSA) is 36.7 Å². The molecule has 0 spiro atoms. The first-order valence-electron chi connectivity index (χ1n) is 3.58. The van der Waals surface area contributed by atoms with Crippen LogP contribution in [0.4, 0.5) is 13.2 Å². The number of aromatic nitrogens is 1. The van der Waals surface area contributed by atoms with E-state index < -0.39 is 11.7 Å². The van der Waals surface area contributed by atoms with Crippen LogP contribution in [-0.2, 0) is 6.18 Å². The summed E-state index contributed by atoms with van der Waals surface area (Å²) in [5.41, 5.74) is -1.07. The molecule has 1 heterocycles. The normalized spacial score (nSPS) is 10.1. The maximum absolute atomic E-state index is 12.2. The van der Waals surface area contributed by atoms with Crippen LogP contribution in [0.5, 0.6) is 0 Å². The van der Waals surface area contributed by atoms with Crippen molar-refractivity contribution >= 4 is 11.6 Å². The van der Waals surface area contributed by atoms with Gasteiger partial charge in [0.1, 0.15) is 5.15 Å². The third kappa shape index (κ3) is 2.87. The van der Waals surface area contributed by atoms with Gasteiger partial charge in [-0.25, -0.2) is 4.98 Å². The highest BCUT2D eigenvalue weighted by Crippen LogP contribution is 2.30. The lowest BCUT2D eigenvalue weighted by molar-refractivity contribution is -0.137. The number of nitrogens with zero attached hydrogens (tertiary/aromatic N) is 2. The van der Waals surface area contributed by atoms with Crippen molar-refractivity contribution in [2.75, 3.05) is 0 Å². The summed E-state index contributed by atoms with van der Waals surface area (Å²) in [6.45, 7) is 0. The zero-order valence-electron chi connectivity index (χ0n) is 7.06. The van der Waals surface area contributed by atoms with Gasteiger partial charge >= 0.3 is 6.18 Å². The number of rotatable bonds is 0. The Kier molecular flexibility index (Phi) is 3.18. The molecule has 0 saturated heterocycles. The van der Waals surface area contributed by atoms with Gasteiger partial charge in [0.05, 0.1) is 11.1 Å². The Bertz CT molecular complexity index is 477. The summed E-state index contributed by atoms with van der Waals surface area (Å²) >= 11 is 5.49. The van der Waals surface area contributed by atoms with E-state index in [1.807, 2.05) is 5.92 Å². The molecular formula is C9H2ClF3N2. The Morgan fingerprint density at radius 1 is 1.40 bits per heavy atom. The molecule has 0 aliphatic rings. The summed E-state index contributed by atoms with van der Waals surface area (Å²) in [6.07, 6.45) is -3.89. The molecule has 0 fully saturated rings. The minimum atomic E-state index is -4.50. The molecule has 0 saturated carbocycles. The van der Waals surface area contributed by atoms with E-state index >= 15 is 0 Å². The van der Waals surface area contributed by atoms with Gasteiger partial charge in [-0.05, 0) is 12.0 Å². The van der Waals surface area contributed by atoms with Gasteiger partial charge in [-0.1, -0.05) is 11.6 Å². The van der Waals surface area contributed by atoms with Crippen molar-refractivity contribution in [1.29, 1.82) is 5.26 Å². The molecule has 0 aromatic carbocycles. The van der Waals surface area contributed by atoms with Crippen LogP contribution in [0.2, 0.25) is 5.15 Å². The molecule has 0 atom stereocenters. The van der Waals surface area contributed by atoms with E-state index in [0.717, 1.165) is 6.07 Å². The van der Waals surface area contributed by atoms with E-state index in [2.05, 4.69) is 10.9 Å². The molecule has 0 aliphatic heterocycles. The van der Waals surface area contributed by atoms with E-state index in [-0.39, 0.29) is 10.7 Å². The Labute approximate surface area is 88.3 Å². The highest BCUT2D eigenvalue weighted by atomic mass is 35.5. The van der Waals surface area contributed by atoms with Crippen molar-refractivity contribution < 1.29 is 13.2 Å². The van der Waals surface area contributed by atoms with Crippen LogP contribution >= 0.6 is 11.6 Å². The number of pyridine rings is 1. The van der Waals surface area contributed by atoms with Crippen LogP contribution in [0.25, 0.3) is 0 Å². The third-order valence-corrected chi connectivity index (χ3v) is 1.72. The molecule has 0 amide bonds. The summed E-state index contributed by atoms with van der Waals surface area (Å²) in [5.74, 6) is 4.12. The Morgan fingerprint density at radius 2 is 2.07 bits per heavy atom. The maximum atomic E-state index is 12.2. The van der Waals surface area contributed by atoms with Crippen LogP contribution < -0.4 is 0 Å².